The van der Waals surface area contributed by atoms with Crippen molar-refractivity contribution in [3.05, 3.63) is 48.5 Å². The van der Waals surface area contributed by atoms with Crippen molar-refractivity contribution < 1.29 is 4.79 Å². The van der Waals surface area contributed by atoms with Crippen molar-refractivity contribution in [3.8, 4) is 0 Å². The highest BCUT2D eigenvalue weighted by molar-refractivity contribution is 7.99. The third-order valence-corrected chi connectivity index (χ3v) is 4.39. The Kier molecular flexibility index (Phi) is 3.30. The Bertz CT molecular complexity index is 578. The molecule has 0 unspecified atom stereocenters. The van der Waals surface area contributed by atoms with Gasteiger partial charge in [0.2, 0.25) is 0 Å². The van der Waals surface area contributed by atoms with E-state index in [1.54, 1.807) is 11.8 Å². The van der Waals surface area contributed by atoms with Crippen LogP contribution in [0.4, 0.5) is 11.4 Å². The van der Waals surface area contributed by atoms with Gasteiger partial charge in [0.25, 0.3) is 0 Å². The quantitative estimate of drug-likeness (QED) is 0.830. The molecule has 2 aromatic rings. The molecule has 0 atom stereocenters. The van der Waals surface area contributed by atoms with E-state index in [0.717, 1.165) is 11.4 Å². The Morgan fingerprint density at radius 3 is 2.05 bits per heavy atom. The highest BCUT2D eigenvalue weighted by Gasteiger charge is 2.23. The van der Waals surface area contributed by atoms with Crippen LogP contribution < -0.4 is 4.90 Å². The molecule has 1 aliphatic rings. The third kappa shape index (κ3) is 2.26. The number of benzene rings is 2. The number of ketones is 1. The Balaban J connectivity index is 2.08. The Labute approximate surface area is 117 Å². The molecule has 96 valence electrons. The first-order chi connectivity index (χ1) is 9.29. The second kappa shape index (κ2) is 5.10. The minimum absolute atomic E-state index is 0.261. The van der Waals surface area contributed by atoms with Gasteiger partial charge in [0.1, 0.15) is 0 Å². The summed E-state index contributed by atoms with van der Waals surface area (Å²) in [5.41, 5.74) is 2.26. The van der Waals surface area contributed by atoms with Gasteiger partial charge >= 0.3 is 0 Å². The van der Waals surface area contributed by atoms with E-state index < -0.39 is 0 Å². The summed E-state index contributed by atoms with van der Waals surface area (Å²) >= 11 is 1.77. The second-order valence-electron chi connectivity index (χ2n) is 4.52. The summed E-state index contributed by atoms with van der Waals surface area (Å²) in [6.07, 6.45) is 0.577. The molecule has 0 saturated carbocycles. The molecule has 2 nitrogen and oxygen atoms in total. The molecular weight excluding hydrogens is 254 g/mol. The highest BCUT2D eigenvalue weighted by Crippen LogP contribution is 2.47. The lowest BCUT2D eigenvalue weighted by atomic mass is 10.2. The molecule has 0 fully saturated rings. The zero-order valence-electron chi connectivity index (χ0n) is 10.8. The first-order valence-corrected chi connectivity index (χ1v) is 7.26. The van der Waals surface area contributed by atoms with E-state index in [2.05, 4.69) is 29.2 Å². The van der Waals surface area contributed by atoms with Crippen LogP contribution >= 0.6 is 11.8 Å². The third-order valence-electron chi connectivity index (χ3n) is 3.26. The molecule has 0 radical (unpaired) electrons. The fraction of sp³-hybridized carbons (Fsp3) is 0.188. The molecule has 3 rings (SSSR count). The fourth-order valence-electron chi connectivity index (χ4n) is 2.24. The first kappa shape index (κ1) is 12.3. The highest BCUT2D eigenvalue weighted by atomic mass is 32.2. The Morgan fingerprint density at radius 1 is 1.00 bits per heavy atom. The normalized spacial score (nSPS) is 12.8. The Morgan fingerprint density at radius 2 is 1.53 bits per heavy atom. The molecule has 0 aliphatic carbocycles. The van der Waals surface area contributed by atoms with Gasteiger partial charge < -0.3 is 4.90 Å². The van der Waals surface area contributed by atoms with Gasteiger partial charge in [-0.1, -0.05) is 43.0 Å². The molecule has 0 amide bonds. The van der Waals surface area contributed by atoms with Gasteiger partial charge in [-0.05, 0) is 24.3 Å². The number of anilines is 2. The number of rotatable bonds is 3. The van der Waals surface area contributed by atoms with E-state index >= 15 is 0 Å². The summed E-state index contributed by atoms with van der Waals surface area (Å²) in [5, 5.41) is 0. The van der Waals surface area contributed by atoms with Crippen LogP contribution in [0.1, 0.15) is 13.3 Å². The summed E-state index contributed by atoms with van der Waals surface area (Å²) < 4.78 is 0. The number of para-hydroxylation sites is 2. The molecule has 0 spiro atoms. The van der Waals surface area contributed by atoms with Crippen LogP contribution in [0.2, 0.25) is 0 Å². The van der Waals surface area contributed by atoms with E-state index in [0.29, 0.717) is 13.0 Å². The first-order valence-electron chi connectivity index (χ1n) is 6.44. The monoisotopic (exact) mass is 269 g/mol. The standard InChI is InChI=1S/C16H15NOS/c1-2-12(18)11-17-13-7-3-5-9-15(13)19-16-10-6-4-8-14(16)17/h3-10H,2,11H2,1H3. The molecule has 1 aliphatic heterocycles. The van der Waals surface area contributed by atoms with Crippen LogP contribution in [-0.2, 0) is 4.79 Å². The summed E-state index contributed by atoms with van der Waals surface area (Å²) in [5.74, 6) is 0.261. The number of carbonyl (C=O) groups is 1. The lowest BCUT2D eigenvalue weighted by molar-refractivity contribution is -0.117. The van der Waals surface area contributed by atoms with Gasteiger partial charge in [-0.3, -0.25) is 4.79 Å². The van der Waals surface area contributed by atoms with Crippen LogP contribution in [0.15, 0.2) is 58.3 Å². The van der Waals surface area contributed by atoms with Crippen LogP contribution in [0.5, 0.6) is 0 Å². The van der Waals surface area contributed by atoms with Crippen molar-refractivity contribution in [1.82, 2.24) is 0 Å². The molecule has 1 heterocycles. The zero-order valence-corrected chi connectivity index (χ0v) is 11.6. The van der Waals surface area contributed by atoms with Gasteiger partial charge in [-0.2, -0.15) is 0 Å². The number of hydrogen-bond donors (Lipinski definition) is 0. The van der Waals surface area contributed by atoms with Gasteiger partial charge in [0.05, 0.1) is 17.9 Å². The van der Waals surface area contributed by atoms with Crippen molar-refractivity contribution in [2.45, 2.75) is 23.1 Å². The Hall–Kier alpha value is -1.74. The number of Topliss-reactive ketones (excluding diaryl/α,β-unsaturated/α-hetero) is 1. The molecule has 19 heavy (non-hydrogen) atoms. The number of carbonyl (C=O) groups excluding carboxylic acids is 1. The minimum Gasteiger partial charge on any atom is -0.332 e. The zero-order chi connectivity index (χ0) is 13.2. The summed E-state index contributed by atoms with van der Waals surface area (Å²) in [4.78, 5) is 16.4. The maximum absolute atomic E-state index is 11.9. The number of fused-ring (bicyclic) bond motifs is 2. The van der Waals surface area contributed by atoms with Crippen LogP contribution in [-0.4, -0.2) is 12.3 Å². The molecule has 0 N–H and O–H groups in total. The largest absolute Gasteiger partial charge is 0.332 e. The van der Waals surface area contributed by atoms with Crippen molar-refractivity contribution in [3.63, 3.8) is 0 Å². The smallest absolute Gasteiger partial charge is 0.152 e. The van der Waals surface area contributed by atoms with Gasteiger partial charge in [-0.15, -0.1) is 0 Å². The number of nitrogens with zero attached hydrogens (tertiary/aromatic N) is 1. The maximum Gasteiger partial charge on any atom is 0.152 e. The lowest BCUT2D eigenvalue weighted by Gasteiger charge is -2.32. The van der Waals surface area contributed by atoms with Crippen molar-refractivity contribution in [2.24, 2.45) is 0 Å². The molecular formula is C16H15NOS. The van der Waals surface area contributed by atoms with Crippen LogP contribution in [0.25, 0.3) is 0 Å². The van der Waals surface area contributed by atoms with E-state index in [4.69, 9.17) is 0 Å². The molecule has 0 aromatic heterocycles. The number of hydrogen-bond acceptors (Lipinski definition) is 3. The lowest BCUT2D eigenvalue weighted by Crippen LogP contribution is -2.27. The van der Waals surface area contributed by atoms with E-state index in [-0.39, 0.29) is 5.78 Å². The van der Waals surface area contributed by atoms with Gasteiger partial charge in [-0.25, -0.2) is 0 Å². The molecule has 0 saturated heterocycles. The van der Waals surface area contributed by atoms with Crippen LogP contribution in [0.3, 0.4) is 0 Å². The summed E-state index contributed by atoms with van der Waals surface area (Å²) in [7, 11) is 0. The van der Waals surface area contributed by atoms with Crippen molar-refractivity contribution >= 4 is 28.9 Å². The van der Waals surface area contributed by atoms with Crippen molar-refractivity contribution in [2.75, 3.05) is 11.4 Å². The van der Waals surface area contributed by atoms with E-state index in [1.165, 1.54) is 9.79 Å². The summed E-state index contributed by atoms with van der Waals surface area (Å²) in [6, 6.07) is 16.5. The van der Waals surface area contributed by atoms with E-state index in [9.17, 15) is 4.79 Å². The minimum atomic E-state index is 0.261. The predicted octanol–water partition coefficient (Wildman–Crippen LogP) is 4.27. The molecule has 0 bridgehead atoms. The molecule has 3 heteroatoms. The van der Waals surface area contributed by atoms with Gasteiger partial charge in [0, 0.05) is 16.2 Å². The maximum atomic E-state index is 11.9. The topological polar surface area (TPSA) is 20.3 Å². The predicted molar refractivity (Wildman–Crippen MR) is 79.3 cm³/mol. The van der Waals surface area contributed by atoms with E-state index in [1.807, 2.05) is 31.2 Å². The van der Waals surface area contributed by atoms with Gasteiger partial charge in [0.15, 0.2) is 5.78 Å². The fourth-order valence-corrected chi connectivity index (χ4v) is 3.34. The average molecular weight is 269 g/mol. The second-order valence-corrected chi connectivity index (χ2v) is 5.60. The average Bonchev–Trinajstić information content (AvgIpc) is 2.46. The van der Waals surface area contributed by atoms with Crippen LogP contribution in [0, 0.1) is 0 Å². The SMILES string of the molecule is CCC(=O)CN1c2ccccc2Sc2ccccc21. The van der Waals surface area contributed by atoms with Crippen molar-refractivity contribution in [1.29, 1.82) is 0 Å². The molecule has 2 aromatic carbocycles. The summed E-state index contributed by atoms with van der Waals surface area (Å²) in [6.45, 7) is 2.37.